The molecule has 0 heterocycles. The Kier molecular flexibility index (Phi) is 2.82. The summed E-state index contributed by atoms with van der Waals surface area (Å²) in [7, 11) is 4.48. The summed E-state index contributed by atoms with van der Waals surface area (Å²) in [6, 6.07) is 0. The molecule has 0 aromatic rings. The summed E-state index contributed by atoms with van der Waals surface area (Å²) in [5, 5.41) is 0. The maximum atomic E-state index is 5.92. The smallest absolute Gasteiger partial charge is 0.000908 e. The molecule has 8 unspecified atom stereocenters. The standard InChI is InChI=1S/C17H28N2/c1-19(2)9-15-12(5-6-18)13-8-14(15)17-11-4-3-10(7-11)16(13)17/h3-4,10-17H,5-9,18H2,1-2H3. The zero-order valence-electron chi connectivity index (χ0n) is 12.3. The molecule has 3 fully saturated rings. The van der Waals surface area contributed by atoms with Crippen LogP contribution in [0.1, 0.15) is 19.3 Å². The summed E-state index contributed by atoms with van der Waals surface area (Å²) in [5.74, 6) is 7.81. The summed E-state index contributed by atoms with van der Waals surface area (Å²) < 4.78 is 0. The molecule has 0 saturated heterocycles. The molecular formula is C17H28N2. The predicted octanol–water partition coefficient (Wildman–Crippen LogP) is 2.22. The highest BCUT2D eigenvalue weighted by molar-refractivity contribution is 5.22. The number of hydrogen-bond donors (Lipinski definition) is 1. The molecule has 2 N–H and O–H groups in total. The van der Waals surface area contributed by atoms with E-state index in [1.165, 1.54) is 25.8 Å². The summed E-state index contributed by atoms with van der Waals surface area (Å²) in [5.41, 5.74) is 5.92. The van der Waals surface area contributed by atoms with Gasteiger partial charge in [-0.15, -0.1) is 0 Å². The molecule has 19 heavy (non-hydrogen) atoms. The molecule has 4 aliphatic carbocycles. The molecule has 0 amide bonds. The average molecular weight is 260 g/mol. The van der Waals surface area contributed by atoms with Crippen LogP contribution in [0, 0.1) is 47.3 Å². The van der Waals surface area contributed by atoms with Gasteiger partial charge in [0.05, 0.1) is 0 Å². The van der Waals surface area contributed by atoms with Gasteiger partial charge in [0.2, 0.25) is 0 Å². The summed E-state index contributed by atoms with van der Waals surface area (Å²) >= 11 is 0. The lowest BCUT2D eigenvalue weighted by Gasteiger charge is -2.43. The molecule has 0 aromatic carbocycles. The zero-order valence-corrected chi connectivity index (χ0v) is 12.3. The fraction of sp³-hybridized carbons (Fsp3) is 0.882. The third kappa shape index (κ3) is 1.62. The summed E-state index contributed by atoms with van der Waals surface area (Å²) in [4.78, 5) is 2.41. The Balaban J connectivity index is 1.62. The quantitative estimate of drug-likeness (QED) is 0.620. The number of hydrogen-bond acceptors (Lipinski definition) is 2. The fourth-order valence-electron chi connectivity index (χ4n) is 6.60. The van der Waals surface area contributed by atoms with Crippen molar-refractivity contribution < 1.29 is 0 Å². The normalized spacial score (nSPS) is 53.5. The van der Waals surface area contributed by atoms with Gasteiger partial charge in [0.25, 0.3) is 0 Å². The van der Waals surface area contributed by atoms with Gasteiger partial charge in [-0.2, -0.15) is 0 Å². The number of nitrogens with zero attached hydrogens (tertiary/aromatic N) is 1. The van der Waals surface area contributed by atoms with Gasteiger partial charge in [0, 0.05) is 6.54 Å². The molecule has 4 aliphatic rings. The Bertz CT molecular complexity index is 389. The number of nitrogens with two attached hydrogens (primary N) is 1. The number of rotatable bonds is 4. The molecule has 4 bridgehead atoms. The molecule has 2 heteroatoms. The molecule has 0 radical (unpaired) electrons. The Morgan fingerprint density at radius 1 is 1.00 bits per heavy atom. The first-order valence-corrected chi connectivity index (χ1v) is 8.24. The van der Waals surface area contributed by atoms with Gasteiger partial charge in [-0.05, 0) is 87.2 Å². The lowest BCUT2D eigenvalue weighted by Crippen LogP contribution is -2.41. The molecule has 3 saturated carbocycles. The zero-order chi connectivity index (χ0) is 13.1. The lowest BCUT2D eigenvalue weighted by molar-refractivity contribution is 0.0673. The highest BCUT2D eigenvalue weighted by Gasteiger charge is 2.63. The van der Waals surface area contributed by atoms with Gasteiger partial charge in [-0.25, -0.2) is 0 Å². The lowest BCUT2D eigenvalue weighted by atomic mass is 9.64. The molecule has 4 rings (SSSR count). The van der Waals surface area contributed by atoms with Gasteiger partial charge >= 0.3 is 0 Å². The van der Waals surface area contributed by atoms with Crippen LogP contribution in [0.3, 0.4) is 0 Å². The minimum absolute atomic E-state index is 0.888. The van der Waals surface area contributed by atoms with Crippen molar-refractivity contribution in [1.29, 1.82) is 0 Å². The third-order valence-electron chi connectivity index (χ3n) is 6.84. The van der Waals surface area contributed by atoms with Crippen LogP contribution >= 0.6 is 0 Å². The van der Waals surface area contributed by atoms with Crippen molar-refractivity contribution in [2.75, 3.05) is 27.2 Å². The molecule has 0 spiro atoms. The number of allylic oxidation sites excluding steroid dienone is 2. The monoisotopic (exact) mass is 260 g/mol. The van der Waals surface area contributed by atoms with Crippen LogP contribution in [-0.4, -0.2) is 32.1 Å². The van der Waals surface area contributed by atoms with Gasteiger partial charge in [0.15, 0.2) is 0 Å². The SMILES string of the molecule is CN(C)CC1C(CCN)C2CC1C1C3C=CC(C3)C21. The Hall–Kier alpha value is -0.340. The van der Waals surface area contributed by atoms with E-state index in [0.717, 1.165) is 53.9 Å². The van der Waals surface area contributed by atoms with Gasteiger partial charge in [0.1, 0.15) is 0 Å². The van der Waals surface area contributed by atoms with Crippen LogP contribution in [0.2, 0.25) is 0 Å². The van der Waals surface area contributed by atoms with Crippen molar-refractivity contribution in [3.8, 4) is 0 Å². The Morgan fingerprint density at radius 2 is 1.63 bits per heavy atom. The minimum Gasteiger partial charge on any atom is -0.330 e. The van der Waals surface area contributed by atoms with E-state index in [4.69, 9.17) is 5.73 Å². The van der Waals surface area contributed by atoms with Crippen LogP contribution in [0.25, 0.3) is 0 Å². The van der Waals surface area contributed by atoms with Crippen molar-refractivity contribution in [1.82, 2.24) is 4.90 Å². The molecule has 106 valence electrons. The van der Waals surface area contributed by atoms with Crippen LogP contribution < -0.4 is 5.73 Å². The van der Waals surface area contributed by atoms with E-state index >= 15 is 0 Å². The maximum Gasteiger partial charge on any atom is 0.000908 e. The second-order valence-corrected chi connectivity index (χ2v) is 7.83. The fourth-order valence-corrected chi connectivity index (χ4v) is 6.60. The van der Waals surface area contributed by atoms with Gasteiger partial charge in [-0.3, -0.25) is 0 Å². The van der Waals surface area contributed by atoms with Crippen molar-refractivity contribution in [3.63, 3.8) is 0 Å². The van der Waals surface area contributed by atoms with Crippen molar-refractivity contribution in [2.45, 2.75) is 19.3 Å². The van der Waals surface area contributed by atoms with E-state index in [9.17, 15) is 0 Å². The van der Waals surface area contributed by atoms with Crippen LogP contribution in [0.15, 0.2) is 12.2 Å². The first-order chi connectivity index (χ1) is 9.20. The molecular weight excluding hydrogens is 232 g/mol. The topological polar surface area (TPSA) is 29.3 Å². The molecule has 8 atom stereocenters. The Morgan fingerprint density at radius 3 is 2.21 bits per heavy atom. The summed E-state index contributed by atoms with van der Waals surface area (Å²) in [6.07, 6.45) is 9.37. The first kappa shape index (κ1) is 12.4. The Labute approximate surface area is 117 Å². The first-order valence-electron chi connectivity index (χ1n) is 8.24. The van der Waals surface area contributed by atoms with Crippen LogP contribution in [0.4, 0.5) is 0 Å². The second kappa shape index (κ2) is 4.33. The third-order valence-corrected chi connectivity index (χ3v) is 6.84. The van der Waals surface area contributed by atoms with E-state index in [1.807, 2.05) is 0 Å². The molecule has 2 nitrogen and oxygen atoms in total. The highest BCUT2D eigenvalue weighted by Crippen LogP contribution is 2.69. The molecule has 0 aliphatic heterocycles. The largest absolute Gasteiger partial charge is 0.330 e. The minimum atomic E-state index is 0.888. The van der Waals surface area contributed by atoms with Crippen molar-refractivity contribution >= 4 is 0 Å². The molecule has 0 aromatic heterocycles. The van der Waals surface area contributed by atoms with E-state index in [0.29, 0.717) is 0 Å². The predicted molar refractivity (Wildman–Crippen MR) is 78.5 cm³/mol. The highest BCUT2D eigenvalue weighted by atomic mass is 15.1. The van der Waals surface area contributed by atoms with Crippen molar-refractivity contribution in [3.05, 3.63) is 12.2 Å². The van der Waals surface area contributed by atoms with Crippen LogP contribution in [0.5, 0.6) is 0 Å². The maximum absolute atomic E-state index is 5.92. The summed E-state index contributed by atoms with van der Waals surface area (Å²) in [6.45, 7) is 2.18. The van der Waals surface area contributed by atoms with E-state index in [2.05, 4.69) is 31.1 Å². The van der Waals surface area contributed by atoms with E-state index < -0.39 is 0 Å². The number of fused-ring (bicyclic) bond motifs is 9. The van der Waals surface area contributed by atoms with Crippen LogP contribution in [-0.2, 0) is 0 Å². The van der Waals surface area contributed by atoms with E-state index in [-0.39, 0.29) is 0 Å². The van der Waals surface area contributed by atoms with Crippen molar-refractivity contribution in [2.24, 2.45) is 53.1 Å². The van der Waals surface area contributed by atoms with Gasteiger partial charge in [-0.1, -0.05) is 12.2 Å². The van der Waals surface area contributed by atoms with E-state index in [1.54, 1.807) is 0 Å². The average Bonchev–Trinajstić information content (AvgIpc) is 3.07. The second-order valence-electron chi connectivity index (χ2n) is 7.83. The van der Waals surface area contributed by atoms with Gasteiger partial charge < -0.3 is 10.6 Å².